The van der Waals surface area contributed by atoms with Gasteiger partial charge in [0.25, 0.3) is 0 Å². The largest absolute Gasteiger partial charge is 0.354 e. The molecule has 0 heterocycles. The number of nitrogens with zero attached hydrogens (tertiary/aromatic N) is 1. The van der Waals surface area contributed by atoms with Crippen LogP contribution in [-0.2, 0) is 22.6 Å². The summed E-state index contributed by atoms with van der Waals surface area (Å²) >= 11 is 0. The van der Waals surface area contributed by atoms with Gasteiger partial charge in [0, 0.05) is 25.9 Å². The average molecular weight is 395 g/mol. The smallest absolute Gasteiger partial charge is 0.243 e. The lowest BCUT2D eigenvalue weighted by Gasteiger charge is -2.32. The number of rotatable bonds is 10. The number of benzene rings is 2. The van der Waals surface area contributed by atoms with Gasteiger partial charge in [-0.25, -0.2) is 0 Å². The van der Waals surface area contributed by atoms with E-state index in [9.17, 15) is 9.59 Å². The standard InChI is InChI=1S/C25H34N2O2/c1-5-10-24(28)27(18-22-14-9-11-20(4)15-22)23(25(29)26-17-19(2)3)16-21-12-7-6-8-13-21/h6-9,11-15,19,23H,5,10,16-18H2,1-4H3,(H,26,29)/t23-/m0/s1. The van der Waals surface area contributed by atoms with Gasteiger partial charge in [0.2, 0.25) is 11.8 Å². The van der Waals surface area contributed by atoms with Gasteiger partial charge in [-0.05, 0) is 30.4 Å². The molecule has 2 aromatic rings. The van der Waals surface area contributed by atoms with Gasteiger partial charge in [0.05, 0.1) is 0 Å². The third-order valence-corrected chi connectivity index (χ3v) is 4.85. The topological polar surface area (TPSA) is 49.4 Å². The Morgan fingerprint density at radius 1 is 1.00 bits per heavy atom. The summed E-state index contributed by atoms with van der Waals surface area (Å²) < 4.78 is 0. The van der Waals surface area contributed by atoms with E-state index in [2.05, 4.69) is 25.2 Å². The van der Waals surface area contributed by atoms with Crippen LogP contribution in [0, 0.1) is 12.8 Å². The Morgan fingerprint density at radius 3 is 2.31 bits per heavy atom. The Hall–Kier alpha value is -2.62. The number of carbonyl (C=O) groups excluding carboxylic acids is 2. The molecule has 0 unspecified atom stereocenters. The third kappa shape index (κ3) is 7.37. The molecule has 1 N–H and O–H groups in total. The van der Waals surface area contributed by atoms with Crippen molar-refractivity contribution in [2.45, 2.75) is 59.5 Å². The zero-order valence-corrected chi connectivity index (χ0v) is 18.2. The summed E-state index contributed by atoms with van der Waals surface area (Å²) in [4.78, 5) is 28.0. The van der Waals surface area contributed by atoms with E-state index in [0.717, 1.165) is 23.1 Å². The van der Waals surface area contributed by atoms with Crippen molar-refractivity contribution in [1.82, 2.24) is 10.2 Å². The molecule has 0 aliphatic rings. The summed E-state index contributed by atoms with van der Waals surface area (Å²) in [6.45, 7) is 9.21. The molecule has 2 rings (SSSR count). The van der Waals surface area contributed by atoms with Gasteiger partial charge in [0.1, 0.15) is 6.04 Å². The lowest BCUT2D eigenvalue weighted by atomic mass is 10.0. The monoisotopic (exact) mass is 394 g/mol. The van der Waals surface area contributed by atoms with E-state index in [0.29, 0.717) is 31.8 Å². The first-order valence-corrected chi connectivity index (χ1v) is 10.6. The maximum absolute atomic E-state index is 13.2. The predicted octanol–water partition coefficient (Wildman–Crippen LogP) is 4.51. The van der Waals surface area contributed by atoms with Crippen molar-refractivity contribution in [1.29, 1.82) is 0 Å². The molecule has 2 aromatic carbocycles. The first-order chi connectivity index (χ1) is 13.9. The molecule has 1 atom stereocenters. The van der Waals surface area contributed by atoms with Crippen LogP contribution in [-0.4, -0.2) is 29.3 Å². The van der Waals surface area contributed by atoms with Crippen molar-refractivity contribution in [2.24, 2.45) is 5.92 Å². The number of carbonyl (C=O) groups is 2. The summed E-state index contributed by atoms with van der Waals surface area (Å²) in [5.41, 5.74) is 3.24. The summed E-state index contributed by atoms with van der Waals surface area (Å²) in [6.07, 6.45) is 1.70. The average Bonchev–Trinajstić information content (AvgIpc) is 2.69. The lowest BCUT2D eigenvalue weighted by Crippen LogP contribution is -2.51. The Labute approximate surface area is 175 Å². The molecule has 156 valence electrons. The molecule has 0 spiro atoms. The Balaban J connectivity index is 2.34. The van der Waals surface area contributed by atoms with Crippen LogP contribution < -0.4 is 5.32 Å². The molecule has 0 saturated heterocycles. The first-order valence-electron chi connectivity index (χ1n) is 10.6. The fraction of sp³-hybridized carbons (Fsp3) is 0.440. The van der Waals surface area contributed by atoms with Gasteiger partial charge < -0.3 is 10.2 Å². The Bertz CT molecular complexity index is 786. The van der Waals surface area contributed by atoms with Crippen molar-refractivity contribution in [3.8, 4) is 0 Å². The SMILES string of the molecule is CCCC(=O)N(Cc1cccc(C)c1)[C@@H](Cc1ccccc1)C(=O)NCC(C)C. The molecule has 0 aromatic heterocycles. The van der Waals surface area contributed by atoms with Crippen LogP contribution in [0.4, 0.5) is 0 Å². The van der Waals surface area contributed by atoms with E-state index >= 15 is 0 Å². The molecule has 4 heteroatoms. The van der Waals surface area contributed by atoms with E-state index in [1.807, 2.05) is 62.4 Å². The fourth-order valence-corrected chi connectivity index (χ4v) is 3.34. The van der Waals surface area contributed by atoms with Gasteiger partial charge in [-0.2, -0.15) is 0 Å². The maximum atomic E-state index is 13.2. The van der Waals surface area contributed by atoms with Crippen LogP contribution in [0.15, 0.2) is 54.6 Å². The highest BCUT2D eigenvalue weighted by Gasteiger charge is 2.29. The third-order valence-electron chi connectivity index (χ3n) is 4.85. The van der Waals surface area contributed by atoms with Crippen molar-refractivity contribution in [3.63, 3.8) is 0 Å². The molecule has 0 aliphatic heterocycles. The van der Waals surface area contributed by atoms with Gasteiger partial charge in [0.15, 0.2) is 0 Å². The summed E-state index contributed by atoms with van der Waals surface area (Å²) in [5, 5.41) is 3.04. The van der Waals surface area contributed by atoms with Crippen LogP contribution >= 0.6 is 0 Å². The quantitative estimate of drug-likeness (QED) is 0.645. The lowest BCUT2D eigenvalue weighted by molar-refractivity contribution is -0.141. The number of nitrogens with one attached hydrogen (secondary N) is 1. The highest BCUT2D eigenvalue weighted by Crippen LogP contribution is 2.17. The second kappa shape index (κ2) is 11.4. The number of hydrogen-bond donors (Lipinski definition) is 1. The van der Waals surface area contributed by atoms with Crippen molar-refractivity contribution >= 4 is 11.8 Å². The molecular weight excluding hydrogens is 360 g/mol. The molecule has 0 radical (unpaired) electrons. The Kier molecular flexibility index (Phi) is 8.91. The molecule has 0 bridgehead atoms. The van der Waals surface area contributed by atoms with Crippen molar-refractivity contribution in [3.05, 3.63) is 71.3 Å². The van der Waals surface area contributed by atoms with E-state index in [1.54, 1.807) is 4.90 Å². The molecule has 0 fully saturated rings. The van der Waals surface area contributed by atoms with Gasteiger partial charge >= 0.3 is 0 Å². The van der Waals surface area contributed by atoms with Crippen LogP contribution in [0.25, 0.3) is 0 Å². The molecule has 0 saturated carbocycles. The minimum absolute atomic E-state index is 0.0228. The van der Waals surface area contributed by atoms with E-state index in [-0.39, 0.29) is 11.8 Å². The van der Waals surface area contributed by atoms with Crippen LogP contribution in [0.2, 0.25) is 0 Å². The van der Waals surface area contributed by atoms with Gasteiger partial charge in [-0.15, -0.1) is 0 Å². The minimum atomic E-state index is -0.532. The van der Waals surface area contributed by atoms with Crippen LogP contribution in [0.3, 0.4) is 0 Å². The summed E-state index contributed by atoms with van der Waals surface area (Å²) in [5.74, 6) is 0.294. The number of aryl methyl sites for hydroxylation is 1. The number of amides is 2. The van der Waals surface area contributed by atoms with Crippen LogP contribution in [0.5, 0.6) is 0 Å². The van der Waals surface area contributed by atoms with Gasteiger partial charge in [-0.1, -0.05) is 80.9 Å². The van der Waals surface area contributed by atoms with E-state index in [1.165, 1.54) is 0 Å². The fourth-order valence-electron chi connectivity index (χ4n) is 3.34. The first kappa shape index (κ1) is 22.7. The molecule has 4 nitrogen and oxygen atoms in total. The van der Waals surface area contributed by atoms with E-state index in [4.69, 9.17) is 0 Å². The number of hydrogen-bond acceptors (Lipinski definition) is 2. The maximum Gasteiger partial charge on any atom is 0.243 e. The van der Waals surface area contributed by atoms with Gasteiger partial charge in [-0.3, -0.25) is 9.59 Å². The predicted molar refractivity (Wildman–Crippen MR) is 118 cm³/mol. The minimum Gasteiger partial charge on any atom is -0.354 e. The molecule has 2 amide bonds. The van der Waals surface area contributed by atoms with E-state index < -0.39 is 6.04 Å². The Morgan fingerprint density at radius 2 is 1.69 bits per heavy atom. The van der Waals surface area contributed by atoms with Crippen LogP contribution in [0.1, 0.15) is 50.3 Å². The second-order valence-electron chi connectivity index (χ2n) is 8.11. The highest BCUT2D eigenvalue weighted by molar-refractivity contribution is 5.88. The van der Waals surface area contributed by atoms with Crippen molar-refractivity contribution in [2.75, 3.05) is 6.54 Å². The van der Waals surface area contributed by atoms with Crippen molar-refractivity contribution < 1.29 is 9.59 Å². The second-order valence-corrected chi connectivity index (χ2v) is 8.11. The normalized spacial score (nSPS) is 11.9. The summed E-state index contributed by atoms with van der Waals surface area (Å²) in [6, 6.07) is 17.5. The zero-order valence-electron chi connectivity index (χ0n) is 18.2. The molecular formula is C25H34N2O2. The molecule has 0 aliphatic carbocycles. The zero-order chi connectivity index (χ0) is 21.2. The molecule has 29 heavy (non-hydrogen) atoms. The highest BCUT2D eigenvalue weighted by atomic mass is 16.2. The summed E-state index contributed by atoms with van der Waals surface area (Å²) in [7, 11) is 0.